The van der Waals surface area contributed by atoms with Crippen LogP contribution in [-0.4, -0.2) is 19.6 Å². The van der Waals surface area contributed by atoms with Crippen LogP contribution in [0.2, 0.25) is 0 Å². The Labute approximate surface area is 63.2 Å². The topological polar surface area (TPSA) is 38.0 Å². The SMILES string of the molecule is CNC[C@H]1CC(N)C[C@H]1C. The van der Waals surface area contributed by atoms with Crippen LogP contribution in [0.3, 0.4) is 0 Å². The highest BCUT2D eigenvalue weighted by Crippen LogP contribution is 2.29. The fraction of sp³-hybridized carbons (Fsp3) is 1.00. The molecule has 1 aliphatic carbocycles. The van der Waals surface area contributed by atoms with E-state index in [1.54, 1.807) is 0 Å². The maximum atomic E-state index is 5.82. The zero-order valence-electron chi connectivity index (χ0n) is 6.93. The van der Waals surface area contributed by atoms with Crippen LogP contribution in [0.5, 0.6) is 0 Å². The molecule has 0 aromatic heterocycles. The van der Waals surface area contributed by atoms with E-state index >= 15 is 0 Å². The van der Waals surface area contributed by atoms with Crippen LogP contribution in [-0.2, 0) is 0 Å². The minimum absolute atomic E-state index is 0.466. The Bertz CT molecular complexity index is 103. The van der Waals surface area contributed by atoms with E-state index in [1.165, 1.54) is 12.8 Å². The molecule has 2 nitrogen and oxygen atoms in total. The summed E-state index contributed by atoms with van der Waals surface area (Å²) in [6.07, 6.45) is 2.42. The maximum absolute atomic E-state index is 5.82. The fourth-order valence-corrected chi connectivity index (χ4v) is 1.93. The van der Waals surface area contributed by atoms with Crippen molar-refractivity contribution >= 4 is 0 Å². The molecular weight excluding hydrogens is 124 g/mol. The Kier molecular flexibility index (Phi) is 2.69. The molecule has 0 aromatic carbocycles. The van der Waals surface area contributed by atoms with Crippen LogP contribution in [0.4, 0.5) is 0 Å². The van der Waals surface area contributed by atoms with Gasteiger partial charge < -0.3 is 11.1 Å². The van der Waals surface area contributed by atoms with Gasteiger partial charge in [0, 0.05) is 6.04 Å². The highest BCUT2D eigenvalue weighted by Gasteiger charge is 2.27. The van der Waals surface area contributed by atoms with Gasteiger partial charge in [0.25, 0.3) is 0 Å². The zero-order chi connectivity index (χ0) is 7.56. The number of hydrogen-bond donors (Lipinski definition) is 2. The second-order valence-corrected chi connectivity index (χ2v) is 3.53. The summed E-state index contributed by atoms with van der Waals surface area (Å²) in [5, 5.41) is 3.21. The van der Waals surface area contributed by atoms with Gasteiger partial charge in [-0.05, 0) is 38.3 Å². The fourth-order valence-electron chi connectivity index (χ4n) is 1.93. The normalized spacial score (nSPS) is 40.5. The largest absolute Gasteiger partial charge is 0.328 e. The van der Waals surface area contributed by atoms with Crippen LogP contribution >= 0.6 is 0 Å². The van der Waals surface area contributed by atoms with Crippen LogP contribution in [0.15, 0.2) is 0 Å². The Morgan fingerprint density at radius 2 is 2.20 bits per heavy atom. The zero-order valence-corrected chi connectivity index (χ0v) is 6.93. The molecule has 0 spiro atoms. The molecule has 1 rings (SSSR count). The monoisotopic (exact) mass is 142 g/mol. The molecular formula is C8H18N2. The molecule has 0 saturated heterocycles. The van der Waals surface area contributed by atoms with Gasteiger partial charge in [-0.2, -0.15) is 0 Å². The third-order valence-electron chi connectivity index (χ3n) is 2.55. The summed E-state index contributed by atoms with van der Waals surface area (Å²) in [5.41, 5.74) is 5.82. The molecule has 1 unspecified atom stereocenters. The van der Waals surface area contributed by atoms with Crippen molar-refractivity contribution in [3.63, 3.8) is 0 Å². The maximum Gasteiger partial charge on any atom is 0.00446 e. The van der Waals surface area contributed by atoms with Crippen molar-refractivity contribution in [3.8, 4) is 0 Å². The first-order valence-corrected chi connectivity index (χ1v) is 4.14. The first kappa shape index (κ1) is 8.02. The van der Waals surface area contributed by atoms with Gasteiger partial charge in [0.15, 0.2) is 0 Å². The summed E-state index contributed by atoms with van der Waals surface area (Å²) < 4.78 is 0. The van der Waals surface area contributed by atoms with E-state index in [0.29, 0.717) is 6.04 Å². The molecule has 0 radical (unpaired) electrons. The smallest absolute Gasteiger partial charge is 0.00446 e. The second-order valence-electron chi connectivity index (χ2n) is 3.53. The summed E-state index contributed by atoms with van der Waals surface area (Å²) in [6, 6.07) is 0.466. The average molecular weight is 142 g/mol. The van der Waals surface area contributed by atoms with Gasteiger partial charge in [-0.1, -0.05) is 6.92 Å². The van der Waals surface area contributed by atoms with Crippen LogP contribution in [0, 0.1) is 11.8 Å². The van der Waals surface area contributed by atoms with Gasteiger partial charge in [-0.25, -0.2) is 0 Å². The molecule has 3 N–H and O–H groups in total. The molecule has 0 heterocycles. The highest BCUT2D eigenvalue weighted by molar-refractivity contribution is 4.83. The number of nitrogens with one attached hydrogen (secondary N) is 1. The summed E-state index contributed by atoms with van der Waals surface area (Å²) in [7, 11) is 2.01. The Morgan fingerprint density at radius 3 is 2.60 bits per heavy atom. The predicted molar refractivity (Wildman–Crippen MR) is 43.8 cm³/mol. The van der Waals surface area contributed by atoms with Crippen LogP contribution in [0.25, 0.3) is 0 Å². The van der Waals surface area contributed by atoms with E-state index in [2.05, 4.69) is 12.2 Å². The minimum atomic E-state index is 0.466. The Hall–Kier alpha value is -0.0800. The van der Waals surface area contributed by atoms with Gasteiger partial charge in [-0.3, -0.25) is 0 Å². The third-order valence-corrected chi connectivity index (χ3v) is 2.55. The molecule has 0 aliphatic heterocycles. The molecule has 1 fully saturated rings. The Morgan fingerprint density at radius 1 is 1.50 bits per heavy atom. The average Bonchev–Trinajstić information content (AvgIpc) is 2.13. The summed E-state index contributed by atoms with van der Waals surface area (Å²) >= 11 is 0. The van der Waals surface area contributed by atoms with Crippen LogP contribution < -0.4 is 11.1 Å². The van der Waals surface area contributed by atoms with Crippen molar-refractivity contribution in [2.45, 2.75) is 25.8 Å². The molecule has 0 bridgehead atoms. The van der Waals surface area contributed by atoms with Gasteiger partial charge in [0.1, 0.15) is 0 Å². The van der Waals surface area contributed by atoms with Crippen molar-refractivity contribution in [3.05, 3.63) is 0 Å². The van der Waals surface area contributed by atoms with Gasteiger partial charge in [0.05, 0.1) is 0 Å². The van der Waals surface area contributed by atoms with Gasteiger partial charge in [0.2, 0.25) is 0 Å². The molecule has 3 atom stereocenters. The highest BCUT2D eigenvalue weighted by atomic mass is 14.8. The first-order valence-electron chi connectivity index (χ1n) is 4.14. The van der Waals surface area contributed by atoms with Crippen molar-refractivity contribution in [1.29, 1.82) is 0 Å². The predicted octanol–water partition coefficient (Wildman–Crippen LogP) is 0.579. The quantitative estimate of drug-likeness (QED) is 0.592. The van der Waals surface area contributed by atoms with E-state index in [-0.39, 0.29) is 0 Å². The number of hydrogen-bond acceptors (Lipinski definition) is 2. The van der Waals surface area contributed by atoms with Crippen molar-refractivity contribution in [2.24, 2.45) is 17.6 Å². The van der Waals surface area contributed by atoms with Crippen molar-refractivity contribution < 1.29 is 0 Å². The van der Waals surface area contributed by atoms with E-state index in [9.17, 15) is 0 Å². The second kappa shape index (κ2) is 3.35. The van der Waals surface area contributed by atoms with E-state index in [4.69, 9.17) is 5.73 Å². The summed E-state index contributed by atoms with van der Waals surface area (Å²) in [6.45, 7) is 3.43. The molecule has 0 amide bonds. The molecule has 1 saturated carbocycles. The van der Waals surface area contributed by atoms with Gasteiger partial charge >= 0.3 is 0 Å². The van der Waals surface area contributed by atoms with E-state index < -0.39 is 0 Å². The first-order chi connectivity index (χ1) is 4.74. The molecule has 60 valence electrons. The van der Waals surface area contributed by atoms with E-state index in [1.807, 2.05) is 7.05 Å². The summed E-state index contributed by atoms with van der Waals surface area (Å²) in [5.74, 6) is 1.64. The lowest BCUT2D eigenvalue weighted by Gasteiger charge is -2.13. The molecule has 0 aromatic rings. The Balaban J connectivity index is 2.31. The number of nitrogens with two attached hydrogens (primary N) is 1. The van der Waals surface area contributed by atoms with Gasteiger partial charge in [-0.15, -0.1) is 0 Å². The van der Waals surface area contributed by atoms with E-state index in [0.717, 1.165) is 18.4 Å². The molecule has 1 aliphatic rings. The lowest BCUT2D eigenvalue weighted by atomic mass is 9.98. The van der Waals surface area contributed by atoms with Crippen molar-refractivity contribution in [2.75, 3.05) is 13.6 Å². The lowest BCUT2D eigenvalue weighted by Crippen LogP contribution is -2.21. The lowest BCUT2D eigenvalue weighted by molar-refractivity contribution is 0.405. The third kappa shape index (κ3) is 1.70. The van der Waals surface area contributed by atoms with Crippen LogP contribution in [0.1, 0.15) is 19.8 Å². The standard InChI is InChI=1S/C8H18N2/c1-6-3-8(9)4-7(6)5-10-2/h6-8,10H,3-5,9H2,1-2H3/t6-,7-,8?/m1/s1. The number of rotatable bonds is 2. The van der Waals surface area contributed by atoms with Crippen molar-refractivity contribution in [1.82, 2.24) is 5.32 Å². The summed E-state index contributed by atoms with van der Waals surface area (Å²) in [4.78, 5) is 0. The molecule has 2 heteroatoms. The minimum Gasteiger partial charge on any atom is -0.328 e. The molecule has 10 heavy (non-hydrogen) atoms.